The first-order valence-corrected chi connectivity index (χ1v) is 6.05. The Labute approximate surface area is 112 Å². The monoisotopic (exact) mass is 257 g/mol. The lowest BCUT2D eigenvalue weighted by Crippen LogP contribution is -1.92. The van der Waals surface area contributed by atoms with Gasteiger partial charge in [-0.15, -0.1) is 0 Å². The second-order valence-electron chi connectivity index (χ2n) is 4.57. The number of phenolic OH excluding ortho intramolecular Hbond substituents is 1. The second-order valence-corrected chi connectivity index (χ2v) is 4.57. The maximum absolute atomic E-state index is 12.8. The number of nitrogens with two attached hydrogens (primary N) is 1. The van der Waals surface area contributed by atoms with Crippen LogP contribution in [0.15, 0.2) is 48.0 Å². The molecule has 0 amide bonds. The van der Waals surface area contributed by atoms with Crippen LogP contribution in [0.3, 0.4) is 0 Å². The highest BCUT2D eigenvalue weighted by Crippen LogP contribution is 2.25. The average Bonchev–Trinajstić information content (AvgIpc) is 2.38. The Kier molecular flexibility index (Phi) is 3.85. The first kappa shape index (κ1) is 13.1. The molecule has 3 N–H and O–H groups in total. The van der Waals surface area contributed by atoms with E-state index < -0.39 is 0 Å². The molecule has 0 fully saturated rings. The molecule has 0 aliphatic heterocycles. The minimum Gasteiger partial charge on any atom is -0.506 e. The Morgan fingerprint density at radius 1 is 1.21 bits per heavy atom. The Hall–Kier alpha value is -2.29. The van der Waals surface area contributed by atoms with Crippen molar-refractivity contribution in [2.75, 3.05) is 5.73 Å². The molecule has 0 aromatic heterocycles. The fourth-order valence-electron chi connectivity index (χ4n) is 1.94. The normalized spacial score (nSPS) is 11.6. The lowest BCUT2D eigenvalue weighted by atomic mass is 10.0. The molecule has 98 valence electrons. The summed E-state index contributed by atoms with van der Waals surface area (Å²) in [5, 5.41) is 9.54. The third-order valence-corrected chi connectivity index (χ3v) is 2.91. The summed E-state index contributed by atoms with van der Waals surface area (Å²) in [5.74, 6) is -0.147. The fraction of sp³-hybridized carbons (Fsp3) is 0.125. The number of nitrogen functional groups attached to an aromatic ring is 1. The molecule has 2 rings (SSSR count). The van der Waals surface area contributed by atoms with Crippen LogP contribution in [0, 0.1) is 5.82 Å². The summed E-state index contributed by atoms with van der Waals surface area (Å²) in [4.78, 5) is 0. The van der Waals surface area contributed by atoms with Crippen molar-refractivity contribution < 1.29 is 9.50 Å². The van der Waals surface area contributed by atoms with Gasteiger partial charge in [0.25, 0.3) is 0 Å². The highest BCUT2D eigenvalue weighted by Gasteiger charge is 2.02. The molecule has 0 spiro atoms. The van der Waals surface area contributed by atoms with Gasteiger partial charge >= 0.3 is 0 Å². The molecule has 0 radical (unpaired) electrons. The van der Waals surface area contributed by atoms with E-state index in [2.05, 4.69) is 0 Å². The van der Waals surface area contributed by atoms with Gasteiger partial charge in [-0.25, -0.2) is 4.39 Å². The molecule has 3 heteroatoms. The molecular formula is C16H16FNO. The van der Waals surface area contributed by atoms with Crippen LogP contribution >= 0.6 is 0 Å². The molecule has 0 saturated heterocycles. The Morgan fingerprint density at radius 2 is 1.89 bits per heavy atom. The average molecular weight is 257 g/mol. The quantitative estimate of drug-likeness (QED) is 0.649. The lowest BCUT2D eigenvalue weighted by Gasteiger charge is -2.06. The number of allylic oxidation sites excluding steroid dienone is 1. The number of halogens is 1. The molecule has 0 atom stereocenters. The summed E-state index contributed by atoms with van der Waals surface area (Å²) in [7, 11) is 0. The van der Waals surface area contributed by atoms with Gasteiger partial charge in [-0.2, -0.15) is 0 Å². The van der Waals surface area contributed by atoms with Crippen LogP contribution in [0.1, 0.15) is 18.1 Å². The summed E-state index contributed by atoms with van der Waals surface area (Å²) in [6, 6.07) is 11.6. The van der Waals surface area contributed by atoms with E-state index in [1.54, 1.807) is 24.3 Å². The van der Waals surface area contributed by atoms with Crippen molar-refractivity contribution >= 4 is 11.8 Å². The highest BCUT2D eigenvalue weighted by atomic mass is 19.1. The summed E-state index contributed by atoms with van der Waals surface area (Å²) in [6.07, 6.45) is 2.65. The van der Waals surface area contributed by atoms with Gasteiger partial charge in [-0.05, 0) is 37.1 Å². The molecule has 0 heterocycles. The van der Waals surface area contributed by atoms with Crippen LogP contribution in [0.5, 0.6) is 5.75 Å². The maximum Gasteiger partial charge on any atom is 0.139 e. The van der Waals surface area contributed by atoms with E-state index >= 15 is 0 Å². The van der Waals surface area contributed by atoms with Crippen LogP contribution in [0.4, 0.5) is 10.1 Å². The van der Waals surface area contributed by atoms with Gasteiger partial charge in [0.05, 0.1) is 5.69 Å². The van der Waals surface area contributed by atoms with Gasteiger partial charge in [0.15, 0.2) is 0 Å². The van der Waals surface area contributed by atoms with Crippen LogP contribution in [0.2, 0.25) is 0 Å². The molecule has 0 aliphatic carbocycles. The zero-order valence-corrected chi connectivity index (χ0v) is 10.7. The van der Waals surface area contributed by atoms with E-state index in [0.717, 1.165) is 23.1 Å². The lowest BCUT2D eigenvalue weighted by molar-refractivity contribution is 0.478. The van der Waals surface area contributed by atoms with E-state index in [0.29, 0.717) is 5.69 Å². The molecule has 2 aromatic rings. The number of hydrogen-bond acceptors (Lipinski definition) is 2. The summed E-state index contributed by atoms with van der Waals surface area (Å²) < 4.78 is 12.8. The maximum atomic E-state index is 12.8. The van der Waals surface area contributed by atoms with E-state index in [9.17, 15) is 9.50 Å². The summed E-state index contributed by atoms with van der Waals surface area (Å²) in [6.45, 7) is 1.98. The first-order valence-electron chi connectivity index (χ1n) is 6.05. The molecule has 0 aliphatic rings. The van der Waals surface area contributed by atoms with Crippen LogP contribution < -0.4 is 5.73 Å². The van der Waals surface area contributed by atoms with Crippen molar-refractivity contribution in [1.29, 1.82) is 0 Å². The van der Waals surface area contributed by atoms with Crippen LogP contribution in [-0.2, 0) is 6.42 Å². The largest absolute Gasteiger partial charge is 0.506 e. The zero-order chi connectivity index (χ0) is 13.8. The first-order chi connectivity index (χ1) is 9.06. The standard InChI is InChI=1S/C16H16FNO/c1-11(9-12-5-7-14(17)8-6-12)10-13-3-2-4-15(19)16(13)18/h2-8,10,19H,9,18H2,1H3/b11-10+. The molecule has 0 unspecified atom stereocenters. The zero-order valence-electron chi connectivity index (χ0n) is 10.7. The Bertz CT molecular complexity index is 603. The van der Waals surface area contributed by atoms with Gasteiger partial charge in [-0.1, -0.05) is 35.9 Å². The van der Waals surface area contributed by atoms with E-state index in [4.69, 9.17) is 5.73 Å². The number of anilines is 1. The minimum atomic E-state index is -0.234. The van der Waals surface area contributed by atoms with Gasteiger partial charge in [0.1, 0.15) is 11.6 Å². The molecule has 0 saturated carbocycles. The van der Waals surface area contributed by atoms with Crippen molar-refractivity contribution in [2.45, 2.75) is 13.3 Å². The summed E-state index contributed by atoms with van der Waals surface area (Å²) >= 11 is 0. The van der Waals surface area contributed by atoms with Gasteiger partial charge < -0.3 is 10.8 Å². The third kappa shape index (κ3) is 3.35. The smallest absolute Gasteiger partial charge is 0.139 e. The minimum absolute atomic E-state index is 0.0864. The molecule has 2 nitrogen and oxygen atoms in total. The van der Waals surface area contributed by atoms with Gasteiger partial charge in [-0.3, -0.25) is 0 Å². The fourth-order valence-corrected chi connectivity index (χ4v) is 1.94. The molecule has 19 heavy (non-hydrogen) atoms. The van der Waals surface area contributed by atoms with Crippen molar-refractivity contribution in [3.8, 4) is 5.75 Å². The van der Waals surface area contributed by atoms with Gasteiger partial charge in [0, 0.05) is 5.56 Å². The topological polar surface area (TPSA) is 46.2 Å². The number of phenols is 1. The van der Waals surface area contributed by atoms with E-state index in [1.165, 1.54) is 12.1 Å². The number of hydrogen-bond donors (Lipinski definition) is 2. The van der Waals surface area contributed by atoms with Crippen LogP contribution in [0.25, 0.3) is 6.08 Å². The molecule has 0 bridgehead atoms. The predicted molar refractivity (Wildman–Crippen MR) is 76.3 cm³/mol. The van der Waals surface area contributed by atoms with Crippen LogP contribution in [-0.4, -0.2) is 5.11 Å². The van der Waals surface area contributed by atoms with E-state index in [-0.39, 0.29) is 11.6 Å². The third-order valence-electron chi connectivity index (χ3n) is 2.91. The number of aromatic hydroxyl groups is 1. The van der Waals surface area contributed by atoms with Crippen molar-refractivity contribution in [3.05, 3.63) is 65.0 Å². The SMILES string of the molecule is C/C(=C\c1cccc(O)c1N)Cc1ccc(F)cc1. The number of para-hydroxylation sites is 1. The summed E-state index contributed by atoms with van der Waals surface area (Å²) in [5.41, 5.74) is 9.09. The van der Waals surface area contributed by atoms with Crippen molar-refractivity contribution in [3.63, 3.8) is 0 Å². The second kappa shape index (κ2) is 5.57. The number of rotatable bonds is 3. The van der Waals surface area contributed by atoms with Crippen molar-refractivity contribution in [1.82, 2.24) is 0 Å². The molecule has 2 aromatic carbocycles. The molecular weight excluding hydrogens is 241 g/mol. The predicted octanol–water partition coefficient (Wildman–Crippen LogP) is 3.76. The van der Waals surface area contributed by atoms with Gasteiger partial charge in [0.2, 0.25) is 0 Å². The highest BCUT2D eigenvalue weighted by molar-refractivity contribution is 5.71. The van der Waals surface area contributed by atoms with E-state index in [1.807, 2.05) is 19.1 Å². The number of benzene rings is 2. The van der Waals surface area contributed by atoms with Crippen molar-refractivity contribution in [2.24, 2.45) is 0 Å². The Balaban J connectivity index is 2.19. The Morgan fingerprint density at radius 3 is 2.58 bits per heavy atom.